The number of nitrogens with two attached hydrogens (primary N) is 3. The maximum atomic E-state index is 4.81. The molecule has 0 aromatic carbocycles. The fraction of sp³-hybridized carbons (Fsp3) is 1.00. The van der Waals surface area contributed by atoms with Gasteiger partial charge in [0, 0.05) is 76.1 Å². The van der Waals surface area contributed by atoms with E-state index in [4.69, 9.17) is 16.4 Å². The highest BCUT2D eigenvalue weighted by atomic mass is 16.6. The van der Waals surface area contributed by atoms with Gasteiger partial charge in [-0.15, -0.1) is 0 Å². The Morgan fingerprint density at radius 1 is 0.346 bits per heavy atom. The first-order valence-electron chi connectivity index (χ1n) is 12.2. The van der Waals surface area contributed by atoms with Crippen LogP contribution in [0.5, 0.6) is 0 Å². The van der Waals surface area contributed by atoms with Gasteiger partial charge in [0.2, 0.25) is 0 Å². The van der Waals surface area contributed by atoms with Crippen LogP contribution in [0.15, 0.2) is 0 Å². The molecular formula is C38H123N5O9. The van der Waals surface area contributed by atoms with Gasteiger partial charge in [0.05, 0.1) is 46.4 Å². The maximum Gasteiger partial charge on any atom is 0.0936 e. The molecule has 0 fully saturated rings. The molecule has 0 aliphatic carbocycles. The first-order valence-corrected chi connectivity index (χ1v) is 12.2. The van der Waals surface area contributed by atoms with E-state index >= 15 is 0 Å². The second-order valence-electron chi connectivity index (χ2n) is 6.93. The summed E-state index contributed by atoms with van der Waals surface area (Å²) < 4.78 is 32.1. The van der Waals surface area contributed by atoms with Gasteiger partial charge in [0.15, 0.2) is 0 Å². The molecule has 0 aliphatic rings. The van der Waals surface area contributed by atoms with Crippen molar-refractivity contribution in [3.05, 3.63) is 0 Å². The minimum atomic E-state index is 0. The van der Waals surface area contributed by atoms with E-state index in [2.05, 4.69) is 48.9 Å². The Bertz CT molecular complexity index is 254. The highest BCUT2D eigenvalue weighted by Gasteiger charge is 1.84. The quantitative estimate of drug-likeness (QED) is 0.0815. The van der Waals surface area contributed by atoms with Crippen LogP contribution < -0.4 is 17.5 Å². The van der Waals surface area contributed by atoms with Crippen LogP contribution in [0.3, 0.4) is 0 Å². The van der Waals surface area contributed by atoms with Gasteiger partial charge in [-0.25, -0.2) is 11.8 Å². The zero-order chi connectivity index (χ0) is 31.3. The predicted octanol–water partition coefficient (Wildman–Crippen LogP) is 9.19. The van der Waals surface area contributed by atoms with E-state index in [1.165, 1.54) is 0 Å². The highest BCUT2D eigenvalue weighted by molar-refractivity contribution is 4.36. The van der Waals surface area contributed by atoms with Crippen LogP contribution in [0.2, 0.25) is 0 Å². The number of ether oxygens (including phenoxy) is 7. The molecule has 0 rings (SSSR count). The van der Waals surface area contributed by atoms with Crippen LogP contribution in [-0.4, -0.2) is 160 Å². The van der Waals surface area contributed by atoms with Crippen molar-refractivity contribution >= 4 is 0 Å². The van der Waals surface area contributed by atoms with Gasteiger partial charge in [0.1, 0.15) is 0 Å². The lowest BCUT2D eigenvalue weighted by atomic mass is 10.6. The minimum absolute atomic E-state index is 0. The monoisotopic (exact) mass is 794 g/mol. The number of rotatable bonds is 15. The van der Waals surface area contributed by atoms with Gasteiger partial charge in [-0.3, -0.25) is 0 Å². The van der Waals surface area contributed by atoms with Crippen molar-refractivity contribution in [3.63, 3.8) is 0 Å². The summed E-state index contributed by atoms with van der Waals surface area (Å²) >= 11 is 0. The van der Waals surface area contributed by atoms with Crippen molar-refractivity contribution in [2.75, 3.05) is 151 Å². The minimum Gasteiger partial charge on any atom is -0.385 e. The molecule has 0 aromatic heterocycles. The Kier molecular flexibility index (Phi) is 517. The molecule has 354 valence electrons. The van der Waals surface area contributed by atoms with Crippen molar-refractivity contribution in [1.29, 1.82) is 0 Å². The van der Waals surface area contributed by atoms with Gasteiger partial charge in [-0.05, 0) is 42.0 Å². The van der Waals surface area contributed by atoms with E-state index in [9.17, 15) is 0 Å². The first-order chi connectivity index (χ1) is 18.1. The first kappa shape index (κ1) is 141. The molecule has 0 aliphatic heterocycles. The van der Waals surface area contributed by atoms with Crippen molar-refractivity contribution in [1.82, 2.24) is 9.80 Å². The predicted molar refractivity (Wildman–Crippen MR) is 250 cm³/mol. The zero-order valence-electron chi connectivity index (χ0n) is 27.1. The lowest BCUT2D eigenvalue weighted by molar-refractivity contribution is 0.0712. The molecule has 14 heteroatoms. The topological polar surface area (TPSA) is 168 Å². The fourth-order valence-electron chi connectivity index (χ4n) is 0.807. The molecule has 0 saturated heterocycles. The summed E-state index contributed by atoms with van der Waals surface area (Å²) in [5.74, 6) is 9.38. The number of hydrogen-bond acceptors (Lipinski definition) is 14. The Morgan fingerprint density at radius 2 is 0.538 bits per heavy atom. The van der Waals surface area contributed by atoms with Gasteiger partial charge in [0.25, 0.3) is 0 Å². The molecule has 0 heterocycles. The molecule has 0 bridgehead atoms. The summed E-state index contributed by atoms with van der Waals surface area (Å²) in [6, 6.07) is 0. The fourth-order valence-corrected chi connectivity index (χ4v) is 0.807. The lowest BCUT2D eigenvalue weighted by Crippen LogP contribution is -2.19. The number of likely N-dealkylation sites (N-methyl/N-ethyl adjacent to an activating group) is 2. The Hall–Kier alpha value is -0.560. The van der Waals surface area contributed by atoms with Crippen molar-refractivity contribution in [2.24, 2.45) is 17.5 Å². The Balaban J connectivity index is -0.0000000110. The van der Waals surface area contributed by atoms with E-state index < -0.39 is 0 Å². The normalized spacial score (nSPS) is 6.58. The number of nitrogens with zero attached hydrogens (tertiary/aromatic N) is 2. The second kappa shape index (κ2) is 191. The molecule has 6 N–H and O–H groups in total. The molecule has 0 amide bonds. The molecule has 0 aromatic rings. The summed E-state index contributed by atoms with van der Waals surface area (Å²) in [6.45, 7) is 11.6. The number of methoxy groups -OCH3 is 7. The molecule has 0 saturated carbocycles. The second-order valence-corrected chi connectivity index (χ2v) is 6.93. The third-order valence-corrected chi connectivity index (χ3v) is 3.04. The SMILES string of the molecule is C.C.C.C.C.C.C.C.C.C.C.C.C.C.CCOC.CCOC.CN(C)CCON.COCCN(C)C.COCCOC.COCCON.COCN. The van der Waals surface area contributed by atoms with Crippen molar-refractivity contribution < 1.29 is 42.8 Å². The Labute approximate surface area is 338 Å². The smallest absolute Gasteiger partial charge is 0.0936 e. The van der Waals surface area contributed by atoms with Gasteiger partial charge in [-0.2, -0.15) is 0 Å². The van der Waals surface area contributed by atoms with E-state index in [0.29, 0.717) is 39.8 Å². The molecule has 0 radical (unpaired) electrons. The van der Waals surface area contributed by atoms with Crippen LogP contribution in [0.4, 0.5) is 0 Å². The van der Waals surface area contributed by atoms with E-state index in [0.717, 1.165) is 32.9 Å². The highest BCUT2D eigenvalue weighted by Crippen LogP contribution is 1.72. The van der Waals surface area contributed by atoms with Crippen LogP contribution in [0, 0.1) is 0 Å². The van der Waals surface area contributed by atoms with E-state index in [1.54, 1.807) is 49.8 Å². The summed E-state index contributed by atoms with van der Waals surface area (Å²) in [4.78, 5) is 12.6. The molecule has 52 heavy (non-hydrogen) atoms. The van der Waals surface area contributed by atoms with E-state index in [-0.39, 0.29) is 104 Å². The molecule has 0 atom stereocenters. The third-order valence-electron chi connectivity index (χ3n) is 3.04. The standard InChI is InChI=1S/C5H13NO.C4H12N2O.C4H10O2.C3H9NO2.2C3H8O.C2H7NO.14CH4/c1-6(2)4-5-7-3;1-6(2)3-4-7-5;1-5-3-4-6-2;1-5-2-3-6-4;2*1-3-4-2;1-4-2-3;;;;;;;;;;;;;;/h4-5H2,1-3H3;3-5H2,1-2H3;3-4H2,1-2H3;2-4H2,1H3;2*3H2,1-2H3;2-3H2,1H3;14*1H4. The molecule has 0 unspecified atom stereocenters. The maximum absolute atomic E-state index is 4.81. The van der Waals surface area contributed by atoms with Crippen LogP contribution >= 0.6 is 0 Å². The average molecular weight is 794 g/mol. The van der Waals surface area contributed by atoms with E-state index in [1.807, 2.05) is 46.9 Å². The summed E-state index contributed by atoms with van der Waals surface area (Å²) in [6.07, 6.45) is 0. The van der Waals surface area contributed by atoms with Crippen molar-refractivity contribution in [3.8, 4) is 0 Å². The van der Waals surface area contributed by atoms with Gasteiger partial charge >= 0.3 is 0 Å². The largest absolute Gasteiger partial charge is 0.385 e. The van der Waals surface area contributed by atoms with Crippen LogP contribution in [-0.2, 0) is 42.8 Å². The third kappa shape index (κ3) is 429. The lowest BCUT2D eigenvalue weighted by Gasteiger charge is -2.06. The van der Waals surface area contributed by atoms with Crippen LogP contribution in [0.1, 0.15) is 118 Å². The van der Waals surface area contributed by atoms with Gasteiger partial charge < -0.3 is 58.4 Å². The molecule has 14 nitrogen and oxygen atoms in total. The summed E-state index contributed by atoms with van der Waals surface area (Å²) in [5.41, 5.74) is 4.81. The molecule has 0 spiro atoms. The average Bonchev–Trinajstić information content (AvgIpc) is 2.93. The Morgan fingerprint density at radius 3 is 0.615 bits per heavy atom. The van der Waals surface area contributed by atoms with Crippen molar-refractivity contribution in [2.45, 2.75) is 118 Å². The zero-order valence-corrected chi connectivity index (χ0v) is 27.1. The van der Waals surface area contributed by atoms with Crippen LogP contribution in [0.25, 0.3) is 0 Å². The molecular weight excluding hydrogens is 670 g/mol. The van der Waals surface area contributed by atoms with Gasteiger partial charge in [-0.1, -0.05) is 104 Å². The number of hydrogen-bond donors (Lipinski definition) is 3. The summed E-state index contributed by atoms with van der Waals surface area (Å²) in [7, 11) is 19.5. The summed E-state index contributed by atoms with van der Waals surface area (Å²) in [5, 5.41) is 0.